The van der Waals surface area contributed by atoms with Crippen molar-refractivity contribution in [2.24, 2.45) is 4.99 Å². The summed E-state index contributed by atoms with van der Waals surface area (Å²) in [5.74, 6) is 1.06. The molecule has 2 N–H and O–H groups in total. The molecular formula is C15H19BrN4O. The lowest BCUT2D eigenvalue weighted by Gasteiger charge is -2.18. The van der Waals surface area contributed by atoms with Crippen molar-refractivity contribution in [2.45, 2.75) is 12.8 Å². The molecule has 112 valence electrons. The molecule has 0 atom stereocenters. The molecule has 0 saturated carbocycles. The normalized spacial score (nSPS) is 17.6. The molecule has 2 heterocycles. The van der Waals surface area contributed by atoms with Gasteiger partial charge in [0.2, 0.25) is 0 Å². The summed E-state index contributed by atoms with van der Waals surface area (Å²) in [5, 5.41) is 6.55. The standard InChI is InChI=1S/C15H19BrN4O/c16-11-3-4-13(19-10-14-17-5-6-18-14)12(9-11)15(21)20-7-1-2-8-20/h3-4,9,19H,1-2,5-8,10H2,(H,17,18). The molecule has 1 aromatic rings. The van der Waals surface area contributed by atoms with Crippen molar-refractivity contribution in [1.82, 2.24) is 10.2 Å². The number of hydrogen-bond acceptors (Lipinski definition) is 4. The van der Waals surface area contributed by atoms with E-state index in [0.29, 0.717) is 6.54 Å². The third-order valence-electron chi connectivity index (χ3n) is 3.80. The molecule has 1 fully saturated rings. The highest BCUT2D eigenvalue weighted by Crippen LogP contribution is 2.24. The minimum atomic E-state index is 0.109. The number of nitrogens with zero attached hydrogens (tertiary/aromatic N) is 2. The molecular weight excluding hydrogens is 332 g/mol. The summed E-state index contributed by atoms with van der Waals surface area (Å²) in [6.07, 6.45) is 2.20. The Balaban J connectivity index is 1.77. The van der Waals surface area contributed by atoms with E-state index in [-0.39, 0.29) is 5.91 Å². The lowest BCUT2D eigenvalue weighted by Crippen LogP contribution is -2.30. The monoisotopic (exact) mass is 350 g/mol. The van der Waals surface area contributed by atoms with Gasteiger partial charge in [-0.25, -0.2) is 0 Å². The molecule has 6 heteroatoms. The zero-order valence-electron chi connectivity index (χ0n) is 11.9. The molecule has 0 spiro atoms. The van der Waals surface area contributed by atoms with Crippen LogP contribution < -0.4 is 10.6 Å². The summed E-state index contributed by atoms with van der Waals surface area (Å²) >= 11 is 3.46. The molecule has 3 rings (SSSR count). The van der Waals surface area contributed by atoms with E-state index < -0.39 is 0 Å². The number of hydrogen-bond donors (Lipinski definition) is 2. The lowest BCUT2D eigenvalue weighted by molar-refractivity contribution is 0.0793. The van der Waals surface area contributed by atoms with Crippen molar-refractivity contribution in [2.75, 3.05) is 38.0 Å². The van der Waals surface area contributed by atoms with E-state index in [1.165, 1.54) is 0 Å². The van der Waals surface area contributed by atoms with Crippen LogP contribution in [0.1, 0.15) is 23.2 Å². The van der Waals surface area contributed by atoms with Crippen LogP contribution in [0.15, 0.2) is 27.7 Å². The number of nitrogens with one attached hydrogen (secondary N) is 2. The number of carbonyl (C=O) groups is 1. The average Bonchev–Trinajstić information content (AvgIpc) is 3.18. The first-order valence-corrected chi connectivity index (χ1v) is 8.13. The second kappa shape index (κ2) is 6.47. The molecule has 0 radical (unpaired) electrons. The van der Waals surface area contributed by atoms with Crippen molar-refractivity contribution in [3.63, 3.8) is 0 Å². The van der Waals surface area contributed by atoms with Gasteiger partial charge in [0, 0.05) is 29.8 Å². The zero-order valence-corrected chi connectivity index (χ0v) is 13.4. The molecule has 2 aliphatic heterocycles. The third kappa shape index (κ3) is 3.37. The van der Waals surface area contributed by atoms with Crippen LogP contribution in [0, 0.1) is 0 Å². The Hall–Kier alpha value is -1.56. The SMILES string of the molecule is O=C(c1cc(Br)ccc1NCC1=NCCN1)N1CCCC1. The quantitative estimate of drug-likeness (QED) is 0.874. The molecule has 1 aromatic carbocycles. The first kappa shape index (κ1) is 14.4. The van der Waals surface area contributed by atoms with Crippen molar-refractivity contribution in [1.29, 1.82) is 0 Å². The predicted molar refractivity (Wildman–Crippen MR) is 88.1 cm³/mol. The van der Waals surface area contributed by atoms with Crippen molar-refractivity contribution in [3.8, 4) is 0 Å². The summed E-state index contributed by atoms with van der Waals surface area (Å²) in [4.78, 5) is 18.9. The van der Waals surface area contributed by atoms with E-state index in [2.05, 4.69) is 31.6 Å². The van der Waals surface area contributed by atoms with Crippen LogP contribution in [0.4, 0.5) is 5.69 Å². The fraction of sp³-hybridized carbons (Fsp3) is 0.467. The fourth-order valence-corrected chi connectivity index (χ4v) is 3.04. The molecule has 21 heavy (non-hydrogen) atoms. The number of benzene rings is 1. The Morgan fingerprint density at radius 2 is 2.19 bits per heavy atom. The van der Waals surface area contributed by atoms with Gasteiger partial charge in [-0.1, -0.05) is 15.9 Å². The first-order chi connectivity index (χ1) is 10.2. The number of amidine groups is 1. The van der Waals surface area contributed by atoms with Crippen LogP contribution in [0.5, 0.6) is 0 Å². The second-order valence-corrected chi connectivity index (χ2v) is 6.21. The maximum atomic E-state index is 12.6. The molecule has 0 unspecified atom stereocenters. The first-order valence-electron chi connectivity index (χ1n) is 7.34. The van der Waals surface area contributed by atoms with Gasteiger partial charge in [-0.15, -0.1) is 0 Å². The smallest absolute Gasteiger partial charge is 0.255 e. The van der Waals surface area contributed by atoms with Gasteiger partial charge in [-0.05, 0) is 31.0 Å². The van der Waals surface area contributed by atoms with Crippen molar-refractivity contribution < 1.29 is 4.79 Å². The van der Waals surface area contributed by atoms with Gasteiger partial charge in [0.05, 0.1) is 18.7 Å². The number of aliphatic imine (C=N–C) groups is 1. The van der Waals surface area contributed by atoms with Crippen molar-refractivity contribution in [3.05, 3.63) is 28.2 Å². The van der Waals surface area contributed by atoms with Gasteiger partial charge in [0.25, 0.3) is 5.91 Å². The topological polar surface area (TPSA) is 56.7 Å². The van der Waals surface area contributed by atoms with Gasteiger partial charge < -0.3 is 15.5 Å². The zero-order chi connectivity index (χ0) is 14.7. The molecule has 0 aliphatic carbocycles. The highest BCUT2D eigenvalue weighted by Gasteiger charge is 2.22. The second-order valence-electron chi connectivity index (χ2n) is 5.30. The van der Waals surface area contributed by atoms with E-state index in [1.807, 2.05) is 23.1 Å². The van der Waals surface area contributed by atoms with Gasteiger partial charge in [-0.3, -0.25) is 9.79 Å². The highest BCUT2D eigenvalue weighted by atomic mass is 79.9. The molecule has 1 saturated heterocycles. The van der Waals surface area contributed by atoms with E-state index >= 15 is 0 Å². The number of likely N-dealkylation sites (tertiary alicyclic amines) is 1. The van der Waals surface area contributed by atoms with Gasteiger partial charge in [0.15, 0.2) is 0 Å². The van der Waals surface area contributed by atoms with Crippen LogP contribution in [-0.4, -0.2) is 49.4 Å². The van der Waals surface area contributed by atoms with E-state index in [9.17, 15) is 4.79 Å². The fourth-order valence-electron chi connectivity index (χ4n) is 2.68. The Morgan fingerprint density at radius 1 is 1.38 bits per heavy atom. The maximum Gasteiger partial charge on any atom is 0.255 e. The van der Waals surface area contributed by atoms with Crippen LogP contribution >= 0.6 is 15.9 Å². The van der Waals surface area contributed by atoms with Crippen LogP contribution in [0.3, 0.4) is 0 Å². The van der Waals surface area contributed by atoms with Gasteiger partial charge in [0.1, 0.15) is 5.84 Å². The minimum absolute atomic E-state index is 0.109. The van der Waals surface area contributed by atoms with Crippen LogP contribution in [0.2, 0.25) is 0 Å². The summed E-state index contributed by atoms with van der Waals surface area (Å²) in [5.41, 5.74) is 1.59. The molecule has 5 nitrogen and oxygen atoms in total. The lowest BCUT2D eigenvalue weighted by atomic mass is 10.1. The van der Waals surface area contributed by atoms with Gasteiger partial charge >= 0.3 is 0 Å². The Kier molecular flexibility index (Phi) is 4.43. The number of rotatable bonds is 4. The maximum absolute atomic E-state index is 12.6. The Labute approximate surface area is 132 Å². The molecule has 1 amide bonds. The Morgan fingerprint density at radius 3 is 2.90 bits per heavy atom. The minimum Gasteiger partial charge on any atom is -0.377 e. The Bertz CT molecular complexity index is 567. The average molecular weight is 351 g/mol. The van der Waals surface area contributed by atoms with Gasteiger partial charge in [-0.2, -0.15) is 0 Å². The van der Waals surface area contributed by atoms with Crippen molar-refractivity contribution >= 4 is 33.4 Å². The summed E-state index contributed by atoms with van der Waals surface area (Å²) in [6.45, 7) is 4.08. The van der Waals surface area contributed by atoms with Crippen LogP contribution in [-0.2, 0) is 0 Å². The number of halogens is 1. The number of amides is 1. The molecule has 2 aliphatic rings. The number of anilines is 1. The highest BCUT2D eigenvalue weighted by molar-refractivity contribution is 9.10. The van der Waals surface area contributed by atoms with E-state index in [1.54, 1.807) is 0 Å². The largest absolute Gasteiger partial charge is 0.377 e. The molecule has 0 aromatic heterocycles. The predicted octanol–water partition coefficient (Wildman–Crippen LogP) is 2.10. The summed E-state index contributed by atoms with van der Waals surface area (Å²) in [7, 11) is 0. The van der Waals surface area contributed by atoms with E-state index in [4.69, 9.17) is 0 Å². The summed E-state index contributed by atoms with van der Waals surface area (Å²) < 4.78 is 0.923. The third-order valence-corrected chi connectivity index (χ3v) is 4.29. The van der Waals surface area contributed by atoms with E-state index in [0.717, 1.165) is 60.6 Å². The number of carbonyl (C=O) groups excluding carboxylic acids is 1. The molecule has 0 bridgehead atoms. The van der Waals surface area contributed by atoms with Crippen LogP contribution in [0.25, 0.3) is 0 Å². The summed E-state index contributed by atoms with van der Waals surface area (Å²) in [6, 6.07) is 5.79.